The second-order valence-corrected chi connectivity index (χ2v) is 15.4. The number of terminal acetylenes is 2. The number of benzene rings is 1. The molecule has 0 heterocycles. The molecule has 0 bridgehead atoms. The Balaban J connectivity index is 2.29. The van der Waals surface area contributed by atoms with Crippen LogP contribution in [0, 0.1) is 36.5 Å². The highest BCUT2D eigenvalue weighted by atomic mass is 35.5. The van der Waals surface area contributed by atoms with Crippen molar-refractivity contribution in [3.05, 3.63) is 34.9 Å². The Morgan fingerprint density at radius 2 is 1.69 bits per heavy atom. The maximum absolute atomic E-state index is 13.6. The molecule has 0 saturated heterocycles. The third kappa shape index (κ3) is 10.9. The van der Waals surface area contributed by atoms with Crippen LogP contribution in [0.25, 0.3) is 0 Å². The molecule has 2 amide bonds. The summed E-state index contributed by atoms with van der Waals surface area (Å²) in [6, 6.07) is 4.80. The Hall–Kier alpha value is -2.56. The summed E-state index contributed by atoms with van der Waals surface area (Å²) in [4.78, 5) is 27.1. The lowest BCUT2D eigenvalue weighted by atomic mass is 9.82. The fourth-order valence-corrected chi connectivity index (χ4v) is 6.68. The quantitative estimate of drug-likeness (QED) is 0.236. The van der Waals surface area contributed by atoms with Crippen molar-refractivity contribution >= 4 is 33.3 Å². The molecule has 0 unspecified atom stereocenters. The van der Waals surface area contributed by atoms with Gasteiger partial charge in [0.05, 0.1) is 28.6 Å². The third-order valence-electron chi connectivity index (χ3n) is 7.82. The number of sulfone groups is 1. The molecule has 2 rings (SSSR count). The summed E-state index contributed by atoms with van der Waals surface area (Å²) in [5.41, 5.74) is 0.669. The van der Waals surface area contributed by atoms with E-state index in [1.54, 1.807) is 45.0 Å². The molecule has 0 aliphatic heterocycles. The van der Waals surface area contributed by atoms with Crippen molar-refractivity contribution in [1.29, 1.82) is 0 Å². The van der Waals surface area contributed by atoms with E-state index in [2.05, 4.69) is 22.5 Å². The fourth-order valence-electron chi connectivity index (χ4n) is 5.17. The highest BCUT2D eigenvalue weighted by Crippen LogP contribution is 2.29. The van der Waals surface area contributed by atoms with Crippen LogP contribution in [0.15, 0.2) is 24.3 Å². The second kappa shape index (κ2) is 16.3. The fraction of sp³-hybridized carbons (Fsp3) is 0.625. The lowest BCUT2D eigenvalue weighted by molar-refractivity contribution is -0.132. The number of hydrogen-bond acceptors (Lipinski definition) is 6. The molecule has 0 spiro atoms. The first kappa shape index (κ1) is 35.6. The number of carbonyl (C=O) groups is 2. The Bertz CT molecular complexity index is 1240. The molecule has 1 aliphatic rings. The summed E-state index contributed by atoms with van der Waals surface area (Å²) in [6.45, 7) is 4.70. The SMILES string of the molecule is C#CC[C@H](NC(=O)[C@H](Cc1cccc(Cl)c1)CS(=O)(=O)C(C)(C)C)C(=O)N[C@@H](CC1CCCCC1)[C@@H](O)[C@@H](O)CC#C. The van der Waals surface area contributed by atoms with Crippen LogP contribution in [0.3, 0.4) is 0 Å². The molecule has 232 valence electrons. The summed E-state index contributed by atoms with van der Waals surface area (Å²) in [5, 5.41) is 27.2. The van der Waals surface area contributed by atoms with Crippen LogP contribution in [-0.2, 0) is 25.8 Å². The third-order valence-corrected chi connectivity index (χ3v) is 10.8. The predicted molar refractivity (Wildman–Crippen MR) is 166 cm³/mol. The van der Waals surface area contributed by atoms with Crippen molar-refractivity contribution in [2.45, 2.75) is 108 Å². The molecule has 1 saturated carbocycles. The average molecular weight is 621 g/mol. The van der Waals surface area contributed by atoms with Gasteiger partial charge >= 0.3 is 0 Å². The van der Waals surface area contributed by atoms with Crippen LogP contribution in [0.5, 0.6) is 0 Å². The van der Waals surface area contributed by atoms with Crippen LogP contribution in [0.1, 0.15) is 77.7 Å². The van der Waals surface area contributed by atoms with Crippen molar-refractivity contribution in [1.82, 2.24) is 10.6 Å². The number of nitrogens with one attached hydrogen (secondary N) is 2. The lowest BCUT2D eigenvalue weighted by Gasteiger charge is -2.33. The number of aliphatic hydroxyl groups excluding tert-OH is 2. The Kier molecular flexibility index (Phi) is 13.9. The molecule has 0 aromatic heterocycles. The minimum atomic E-state index is -3.71. The van der Waals surface area contributed by atoms with Gasteiger partial charge in [-0.05, 0) is 57.2 Å². The van der Waals surface area contributed by atoms with E-state index < -0.39 is 62.4 Å². The van der Waals surface area contributed by atoms with Crippen LogP contribution in [0.2, 0.25) is 5.02 Å². The largest absolute Gasteiger partial charge is 0.389 e. The standard InChI is InChI=1S/C32H45ClN2O6S/c1-6-12-26(31(39)35-27(29(37)28(36)13-7-2)20-22-14-9-8-10-15-22)34-30(38)24(21-42(40,41)32(3,4)5)18-23-16-11-17-25(33)19-23/h1-2,11,16-17,19,22,24,26-29,36-37H,8-10,12-15,18,20-21H2,3-5H3,(H,34,38)(H,35,39)/t24-,26+,27+,28+,29-/m1/s1. The zero-order valence-corrected chi connectivity index (χ0v) is 26.4. The van der Waals surface area contributed by atoms with Gasteiger partial charge in [0, 0.05) is 17.9 Å². The van der Waals surface area contributed by atoms with Gasteiger partial charge < -0.3 is 20.8 Å². The minimum absolute atomic E-state index is 0.0768. The minimum Gasteiger partial charge on any atom is -0.389 e. The summed E-state index contributed by atoms with van der Waals surface area (Å²) in [5.74, 6) is 2.24. The molecule has 1 aromatic carbocycles. The summed E-state index contributed by atoms with van der Waals surface area (Å²) in [6.07, 6.45) is 13.7. The molecule has 1 fully saturated rings. The van der Waals surface area contributed by atoms with Crippen LogP contribution in [0.4, 0.5) is 0 Å². The smallest absolute Gasteiger partial charge is 0.243 e. The molecule has 4 N–H and O–H groups in total. The van der Waals surface area contributed by atoms with E-state index in [1.165, 1.54) is 0 Å². The Morgan fingerprint density at radius 3 is 2.26 bits per heavy atom. The number of amides is 2. The zero-order chi connectivity index (χ0) is 31.5. The summed E-state index contributed by atoms with van der Waals surface area (Å²) in [7, 11) is -3.71. The second-order valence-electron chi connectivity index (χ2n) is 12.2. The van der Waals surface area contributed by atoms with Gasteiger partial charge in [0.25, 0.3) is 0 Å². The van der Waals surface area contributed by atoms with Crippen molar-refractivity contribution < 1.29 is 28.2 Å². The van der Waals surface area contributed by atoms with E-state index in [9.17, 15) is 28.2 Å². The Morgan fingerprint density at radius 1 is 1.05 bits per heavy atom. The molecule has 8 nitrogen and oxygen atoms in total. The molecular formula is C32H45ClN2O6S. The van der Waals surface area contributed by atoms with Crippen molar-refractivity contribution in [2.75, 3.05) is 5.75 Å². The van der Waals surface area contributed by atoms with Crippen molar-refractivity contribution in [2.24, 2.45) is 11.8 Å². The van der Waals surface area contributed by atoms with E-state index >= 15 is 0 Å². The van der Waals surface area contributed by atoms with Crippen molar-refractivity contribution in [3.8, 4) is 24.7 Å². The number of halogens is 1. The summed E-state index contributed by atoms with van der Waals surface area (Å²) < 4.78 is 25.1. The molecule has 1 aliphatic carbocycles. The first-order valence-corrected chi connectivity index (χ1v) is 16.5. The number of aliphatic hydroxyl groups is 2. The molecule has 0 radical (unpaired) electrons. The van der Waals surface area contributed by atoms with Gasteiger partial charge in [-0.3, -0.25) is 9.59 Å². The number of hydrogen-bond donors (Lipinski definition) is 4. The molecule has 42 heavy (non-hydrogen) atoms. The predicted octanol–water partition coefficient (Wildman–Crippen LogP) is 3.42. The zero-order valence-electron chi connectivity index (χ0n) is 24.8. The van der Waals surface area contributed by atoms with E-state index in [4.69, 9.17) is 24.4 Å². The Labute approximate surface area is 256 Å². The molecule has 5 atom stereocenters. The molecule has 10 heteroatoms. The first-order chi connectivity index (χ1) is 19.7. The van der Waals surface area contributed by atoms with Crippen LogP contribution in [-0.4, -0.2) is 65.2 Å². The maximum atomic E-state index is 13.6. The van der Waals surface area contributed by atoms with Crippen LogP contribution < -0.4 is 10.6 Å². The van der Waals surface area contributed by atoms with E-state index in [1.807, 2.05) is 0 Å². The first-order valence-electron chi connectivity index (χ1n) is 14.5. The normalized spacial score (nSPS) is 18.0. The van der Waals surface area contributed by atoms with Gasteiger partial charge in [-0.1, -0.05) is 55.8 Å². The van der Waals surface area contributed by atoms with Gasteiger partial charge in [-0.2, -0.15) is 0 Å². The van der Waals surface area contributed by atoms with E-state index in [-0.39, 0.29) is 25.2 Å². The monoisotopic (exact) mass is 620 g/mol. The lowest BCUT2D eigenvalue weighted by Crippen LogP contribution is -2.56. The van der Waals surface area contributed by atoms with Gasteiger partial charge in [-0.25, -0.2) is 8.42 Å². The van der Waals surface area contributed by atoms with Gasteiger partial charge in [0.15, 0.2) is 9.84 Å². The average Bonchev–Trinajstić information content (AvgIpc) is 2.91. The topological polar surface area (TPSA) is 133 Å². The van der Waals surface area contributed by atoms with Gasteiger partial charge in [0.1, 0.15) is 12.1 Å². The summed E-state index contributed by atoms with van der Waals surface area (Å²) >= 11 is 6.12. The van der Waals surface area contributed by atoms with Crippen molar-refractivity contribution in [3.63, 3.8) is 0 Å². The van der Waals surface area contributed by atoms with Gasteiger partial charge in [-0.15, -0.1) is 24.7 Å². The highest BCUT2D eigenvalue weighted by Gasteiger charge is 2.37. The molecular weight excluding hydrogens is 576 g/mol. The van der Waals surface area contributed by atoms with E-state index in [0.717, 1.165) is 32.1 Å². The maximum Gasteiger partial charge on any atom is 0.243 e. The molecule has 1 aromatic rings. The van der Waals surface area contributed by atoms with Gasteiger partial charge in [0.2, 0.25) is 11.8 Å². The van der Waals surface area contributed by atoms with Crippen LogP contribution >= 0.6 is 11.6 Å². The number of rotatable bonds is 14. The van der Waals surface area contributed by atoms with E-state index in [0.29, 0.717) is 17.0 Å². The highest BCUT2D eigenvalue weighted by molar-refractivity contribution is 7.92. The number of carbonyl (C=O) groups excluding carboxylic acids is 2.